The van der Waals surface area contributed by atoms with E-state index in [1.54, 1.807) is 25.1 Å². The van der Waals surface area contributed by atoms with Gasteiger partial charge in [0.2, 0.25) is 0 Å². The Kier molecular flexibility index (Phi) is 3.53. The van der Waals surface area contributed by atoms with Crippen molar-refractivity contribution in [2.24, 2.45) is 5.92 Å². The molecule has 1 aliphatic heterocycles. The predicted octanol–water partition coefficient (Wildman–Crippen LogP) is 0.586. The van der Waals surface area contributed by atoms with E-state index < -0.39 is 5.54 Å². The van der Waals surface area contributed by atoms with Gasteiger partial charge in [-0.1, -0.05) is 19.9 Å². The molecule has 2 atom stereocenters. The Morgan fingerprint density at radius 3 is 2.44 bits per heavy atom. The molecule has 1 aliphatic rings. The van der Waals surface area contributed by atoms with E-state index in [9.17, 15) is 9.59 Å². The number of Topliss-reactive ketones (excluding diaryl/α,β-unsaturated/α-hetero) is 1. The van der Waals surface area contributed by atoms with Crippen molar-refractivity contribution < 1.29 is 9.59 Å². The number of nitrogens with zero attached hydrogens (tertiary/aromatic N) is 1. The number of ketones is 1. The molecule has 0 radical (unpaired) electrons. The molecular formula is C12H20N2O2. The monoisotopic (exact) mass is 224 g/mol. The van der Waals surface area contributed by atoms with Crippen LogP contribution in [0.3, 0.4) is 0 Å². The Balaban J connectivity index is 3.18. The molecule has 0 saturated carbocycles. The summed E-state index contributed by atoms with van der Waals surface area (Å²) in [4.78, 5) is 26.1. The summed E-state index contributed by atoms with van der Waals surface area (Å²) in [5.41, 5.74) is -1.09. The minimum Gasteiger partial charge on any atom is -0.333 e. The number of carbonyl (C=O) groups is 2. The summed E-state index contributed by atoms with van der Waals surface area (Å²) in [6.07, 6.45) is 1.96. The highest BCUT2D eigenvalue weighted by Crippen LogP contribution is 2.30. The quantitative estimate of drug-likeness (QED) is 0.561. The first-order valence-electron chi connectivity index (χ1n) is 5.53. The van der Waals surface area contributed by atoms with Gasteiger partial charge in [-0.2, -0.15) is 0 Å². The number of rotatable bonds is 4. The molecule has 0 aromatic heterocycles. The van der Waals surface area contributed by atoms with E-state index in [2.05, 4.69) is 11.9 Å². The minimum absolute atomic E-state index is 0.0441. The zero-order valence-electron chi connectivity index (χ0n) is 10.4. The van der Waals surface area contributed by atoms with Crippen LogP contribution in [0.5, 0.6) is 0 Å². The van der Waals surface area contributed by atoms with E-state index in [0.717, 1.165) is 0 Å². The first kappa shape index (κ1) is 12.9. The minimum atomic E-state index is -1.09. The molecule has 0 aromatic carbocycles. The van der Waals surface area contributed by atoms with E-state index in [0.29, 0.717) is 6.42 Å². The van der Waals surface area contributed by atoms with Gasteiger partial charge in [0.1, 0.15) is 0 Å². The first-order valence-corrected chi connectivity index (χ1v) is 5.53. The molecule has 0 aliphatic carbocycles. The maximum Gasteiger partial charge on any atom is 0.251 e. The molecule has 90 valence electrons. The van der Waals surface area contributed by atoms with E-state index in [-0.39, 0.29) is 23.7 Å². The SMILES string of the molecule is C=CC[C@]1(NC)C(=O)[C@@H](C(C)C)N(C)C1=O. The Hall–Kier alpha value is -1.16. The van der Waals surface area contributed by atoms with Crippen LogP contribution in [-0.2, 0) is 9.59 Å². The van der Waals surface area contributed by atoms with Crippen molar-refractivity contribution in [3.8, 4) is 0 Å². The van der Waals surface area contributed by atoms with Crippen LogP contribution in [0.15, 0.2) is 12.7 Å². The fourth-order valence-electron chi connectivity index (χ4n) is 2.45. The van der Waals surface area contributed by atoms with E-state index in [4.69, 9.17) is 0 Å². The van der Waals surface area contributed by atoms with Gasteiger partial charge in [0, 0.05) is 7.05 Å². The smallest absolute Gasteiger partial charge is 0.251 e. The zero-order valence-corrected chi connectivity index (χ0v) is 10.4. The van der Waals surface area contributed by atoms with Crippen molar-refractivity contribution in [2.45, 2.75) is 31.8 Å². The van der Waals surface area contributed by atoms with Crippen molar-refractivity contribution in [3.05, 3.63) is 12.7 Å². The third-order valence-electron chi connectivity index (χ3n) is 3.30. The molecule has 1 heterocycles. The molecule has 4 nitrogen and oxygen atoms in total. The van der Waals surface area contributed by atoms with Crippen LogP contribution in [0.25, 0.3) is 0 Å². The van der Waals surface area contributed by atoms with E-state index in [1.165, 1.54) is 0 Å². The lowest BCUT2D eigenvalue weighted by Crippen LogP contribution is -2.54. The second-order valence-corrected chi connectivity index (χ2v) is 4.62. The van der Waals surface area contributed by atoms with E-state index in [1.807, 2.05) is 13.8 Å². The van der Waals surface area contributed by atoms with Crippen molar-refractivity contribution in [2.75, 3.05) is 14.1 Å². The fraction of sp³-hybridized carbons (Fsp3) is 0.667. The summed E-state index contributed by atoms with van der Waals surface area (Å²) in [6.45, 7) is 7.52. The Morgan fingerprint density at radius 2 is 2.12 bits per heavy atom. The van der Waals surface area contributed by atoms with Crippen LogP contribution in [0.4, 0.5) is 0 Å². The number of hydrogen-bond acceptors (Lipinski definition) is 3. The molecule has 4 heteroatoms. The summed E-state index contributed by atoms with van der Waals surface area (Å²) in [6, 6.07) is -0.333. The molecule has 1 amide bonds. The highest BCUT2D eigenvalue weighted by atomic mass is 16.2. The summed E-state index contributed by atoms with van der Waals surface area (Å²) in [5, 5.41) is 2.88. The molecule has 1 rings (SSSR count). The van der Waals surface area contributed by atoms with Crippen LogP contribution in [0.1, 0.15) is 20.3 Å². The molecule has 0 unspecified atom stereocenters. The highest BCUT2D eigenvalue weighted by Gasteiger charge is 2.56. The maximum absolute atomic E-state index is 12.3. The number of likely N-dealkylation sites (tertiary alicyclic amines) is 1. The molecule has 0 bridgehead atoms. The first-order chi connectivity index (χ1) is 7.42. The average molecular weight is 224 g/mol. The van der Waals surface area contributed by atoms with Gasteiger partial charge >= 0.3 is 0 Å². The normalized spacial score (nSPS) is 30.3. The number of amides is 1. The Morgan fingerprint density at radius 1 is 1.56 bits per heavy atom. The second kappa shape index (κ2) is 4.37. The molecule has 1 fully saturated rings. The highest BCUT2D eigenvalue weighted by molar-refractivity contribution is 6.18. The van der Waals surface area contributed by atoms with Crippen molar-refractivity contribution in [1.82, 2.24) is 10.2 Å². The summed E-state index contributed by atoms with van der Waals surface area (Å²) < 4.78 is 0. The molecule has 0 spiro atoms. The molecule has 1 N–H and O–H groups in total. The van der Waals surface area contributed by atoms with Gasteiger partial charge in [-0.3, -0.25) is 14.9 Å². The number of carbonyl (C=O) groups excluding carboxylic acids is 2. The fourth-order valence-corrected chi connectivity index (χ4v) is 2.45. The number of likely N-dealkylation sites (N-methyl/N-ethyl adjacent to an activating group) is 2. The number of hydrogen-bond donors (Lipinski definition) is 1. The van der Waals surface area contributed by atoms with E-state index >= 15 is 0 Å². The van der Waals surface area contributed by atoms with Crippen LogP contribution >= 0.6 is 0 Å². The van der Waals surface area contributed by atoms with Crippen LogP contribution in [0.2, 0.25) is 0 Å². The zero-order chi connectivity index (χ0) is 12.5. The van der Waals surface area contributed by atoms with Crippen molar-refractivity contribution in [1.29, 1.82) is 0 Å². The number of nitrogens with one attached hydrogen (secondary N) is 1. The maximum atomic E-state index is 12.3. The lowest BCUT2D eigenvalue weighted by molar-refractivity contribution is -0.134. The van der Waals surface area contributed by atoms with Crippen LogP contribution < -0.4 is 5.32 Å². The molecule has 0 aromatic rings. The second-order valence-electron chi connectivity index (χ2n) is 4.62. The van der Waals surface area contributed by atoms with Crippen LogP contribution in [-0.4, -0.2) is 42.3 Å². The van der Waals surface area contributed by atoms with Crippen LogP contribution in [0, 0.1) is 5.92 Å². The standard InChI is InChI=1S/C12H20N2O2/c1-6-7-12(13-4)10(15)9(8(2)3)14(5)11(12)16/h6,8-9,13H,1,7H2,2-5H3/t9-,12+/m1/s1. The van der Waals surface area contributed by atoms with Gasteiger partial charge in [0.05, 0.1) is 6.04 Å². The average Bonchev–Trinajstić information content (AvgIpc) is 2.40. The predicted molar refractivity (Wildman–Crippen MR) is 63.0 cm³/mol. The van der Waals surface area contributed by atoms with Gasteiger partial charge < -0.3 is 4.90 Å². The Labute approximate surface area is 96.7 Å². The van der Waals surface area contributed by atoms with Crippen molar-refractivity contribution in [3.63, 3.8) is 0 Å². The third kappa shape index (κ3) is 1.57. The summed E-state index contributed by atoms with van der Waals surface area (Å²) in [7, 11) is 3.34. The lowest BCUT2D eigenvalue weighted by Gasteiger charge is -2.22. The van der Waals surface area contributed by atoms with Gasteiger partial charge in [-0.05, 0) is 19.4 Å². The molecular weight excluding hydrogens is 204 g/mol. The van der Waals surface area contributed by atoms with Gasteiger partial charge in [-0.15, -0.1) is 6.58 Å². The summed E-state index contributed by atoms with van der Waals surface area (Å²) >= 11 is 0. The Bertz CT molecular complexity index is 325. The van der Waals surface area contributed by atoms with Gasteiger partial charge in [-0.25, -0.2) is 0 Å². The largest absolute Gasteiger partial charge is 0.333 e. The van der Waals surface area contributed by atoms with Gasteiger partial charge in [0.15, 0.2) is 11.3 Å². The third-order valence-corrected chi connectivity index (χ3v) is 3.30. The van der Waals surface area contributed by atoms with Crippen molar-refractivity contribution >= 4 is 11.7 Å². The summed E-state index contributed by atoms with van der Waals surface area (Å²) in [5.74, 6) is -0.0718. The van der Waals surface area contributed by atoms with Gasteiger partial charge in [0.25, 0.3) is 5.91 Å². The lowest BCUT2D eigenvalue weighted by atomic mass is 9.87. The molecule has 16 heavy (non-hydrogen) atoms. The topological polar surface area (TPSA) is 49.4 Å². The molecule has 1 saturated heterocycles.